The maximum atomic E-state index is 6.16. The smallest absolute Gasteiger partial charge is 0.151 e. The first-order valence-electron chi connectivity index (χ1n) is 5.27. The van der Waals surface area contributed by atoms with Crippen LogP contribution in [0.25, 0.3) is 0 Å². The summed E-state index contributed by atoms with van der Waals surface area (Å²) in [5.41, 5.74) is 0.737. The van der Waals surface area contributed by atoms with Gasteiger partial charge in [-0.25, -0.2) is 4.98 Å². The molecule has 0 aliphatic rings. The number of anilines is 3. The molecule has 19 heavy (non-hydrogen) atoms. The Labute approximate surface area is 139 Å². The van der Waals surface area contributed by atoms with Crippen LogP contribution in [-0.4, -0.2) is 12.0 Å². The Balaban J connectivity index is 2.37. The van der Waals surface area contributed by atoms with Crippen molar-refractivity contribution in [2.75, 3.05) is 17.7 Å². The van der Waals surface area contributed by atoms with Crippen LogP contribution in [0.3, 0.4) is 0 Å². The standard InChI is InChI=1S/C12H9Cl3IN3/c1-17-11-8(14)5-9(15)12(19-11)18-10-3-2-6(16)4-7(10)13/h2-5H,1H3,(H2,17,18,19). The summed E-state index contributed by atoms with van der Waals surface area (Å²) in [6.45, 7) is 0. The molecular formula is C12H9Cl3IN3. The maximum Gasteiger partial charge on any atom is 0.151 e. The van der Waals surface area contributed by atoms with Crippen molar-refractivity contribution in [3.8, 4) is 0 Å². The first-order chi connectivity index (χ1) is 9.01. The molecule has 1 aromatic carbocycles. The number of halogens is 4. The minimum atomic E-state index is 0.429. The largest absolute Gasteiger partial charge is 0.372 e. The molecule has 0 fully saturated rings. The van der Waals surface area contributed by atoms with Crippen molar-refractivity contribution in [3.63, 3.8) is 0 Å². The molecule has 2 N–H and O–H groups in total. The summed E-state index contributed by atoms with van der Waals surface area (Å²) in [6.07, 6.45) is 0. The quantitative estimate of drug-likeness (QED) is 0.640. The molecule has 0 saturated carbocycles. The predicted octanol–water partition coefficient (Wildman–Crippen LogP) is 5.43. The van der Waals surface area contributed by atoms with Crippen LogP contribution in [0, 0.1) is 3.57 Å². The van der Waals surface area contributed by atoms with Gasteiger partial charge >= 0.3 is 0 Å². The van der Waals surface area contributed by atoms with Gasteiger partial charge < -0.3 is 10.6 Å². The topological polar surface area (TPSA) is 37.0 Å². The number of pyridine rings is 1. The number of aromatic nitrogens is 1. The highest BCUT2D eigenvalue weighted by Gasteiger charge is 2.10. The zero-order valence-electron chi connectivity index (χ0n) is 9.77. The lowest BCUT2D eigenvalue weighted by Crippen LogP contribution is -2.00. The average molecular weight is 428 g/mol. The van der Waals surface area contributed by atoms with Crippen molar-refractivity contribution in [2.24, 2.45) is 0 Å². The second-order valence-electron chi connectivity index (χ2n) is 3.65. The van der Waals surface area contributed by atoms with E-state index in [-0.39, 0.29) is 0 Å². The van der Waals surface area contributed by atoms with Crippen LogP contribution in [0.15, 0.2) is 24.3 Å². The highest BCUT2D eigenvalue weighted by molar-refractivity contribution is 14.1. The van der Waals surface area contributed by atoms with Gasteiger partial charge in [-0.1, -0.05) is 34.8 Å². The van der Waals surface area contributed by atoms with Gasteiger partial charge in [-0.2, -0.15) is 0 Å². The normalized spacial score (nSPS) is 10.4. The van der Waals surface area contributed by atoms with Crippen LogP contribution in [0.2, 0.25) is 15.1 Å². The molecule has 7 heteroatoms. The van der Waals surface area contributed by atoms with Crippen LogP contribution in [-0.2, 0) is 0 Å². The summed E-state index contributed by atoms with van der Waals surface area (Å²) in [6, 6.07) is 7.30. The molecular weight excluding hydrogens is 419 g/mol. The number of benzene rings is 1. The van der Waals surface area contributed by atoms with Crippen molar-refractivity contribution in [2.45, 2.75) is 0 Å². The van der Waals surface area contributed by atoms with Crippen molar-refractivity contribution in [1.29, 1.82) is 0 Å². The number of hydrogen-bond acceptors (Lipinski definition) is 3. The van der Waals surface area contributed by atoms with Crippen LogP contribution in [0.1, 0.15) is 0 Å². The lowest BCUT2D eigenvalue weighted by molar-refractivity contribution is 1.27. The van der Waals surface area contributed by atoms with Crippen LogP contribution >= 0.6 is 57.4 Å². The van der Waals surface area contributed by atoms with Crippen molar-refractivity contribution < 1.29 is 0 Å². The zero-order chi connectivity index (χ0) is 14.0. The third-order valence-corrected chi connectivity index (χ3v) is 3.91. The molecule has 0 spiro atoms. The van der Waals surface area contributed by atoms with Gasteiger partial charge in [0, 0.05) is 10.6 Å². The SMILES string of the molecule is CNc1nc(Nc2ccc(I)cc2Cl)c(Cl)cc1Cl. The van der Waals surface area contributed by atoms with E-state index in [1.165, 1.54) is 0 Å². The van der Waals surface area contributed by atoms with Gasteiger partial charge in [0.1, 0.15) is 5.82 Å². The monoisotopic (exact) mass is 427 g/mol. The Bertz CT molecular complexity index is 619. The molecule has 2 rings (SSSR count). The van der Waals surface area contributed by atoms with E-state index in [1.807, 2.05) is 18.2 Å². The van der Waals surface area contributed by atoms with Crippen LogP contribution < -0.4 is 10.6 Å². The van der Waals surface area contributed by atoms with Gasteiger partial charge in [0.2, 0.25) is 0 Å². The summed E-state index contributed by atoms with van der Waals surface area (Å²) in [5.74, 6) is 1.05. The molecule has 3 nitrogen and oxygen atoms in total. The summed E-state index contributed by atoms with van der Waals surface area (Å²) in [4.78, 5) is 4.30. The van der Waals surface area contributed by atoms with E-state index in [9.17, 15) is 0 Å². The Morgan fingerprint density at radius 3 is 2.32 bits per heavy atom. The molecule has 2 aromatic rings. The van der Waals surface area contributed by atoms with Gasteiger partial charge in [0.05, 0.1) is 20.8 Å². The molecule has 0 bridgehead atoms. The Hall–Kier alpha value is -0.430. The summed E-state index contributed by atoms with van der Waals surface area (Å²) < 4.78 is 1.05. The summed E-state index contributed by atoms with van der Waals surface area (Å²) >= 11 is 20.5. The van der Waals surface area contributed by atoms with E-state index >= 15 is 0 Å². The van der Waals surface area contributed by atoms with E-state index in [1.54, 1.807) is 13.1 Å². The average Bonchev–Trinajstić information content (AvgIpc) is 2.35. The first kappa shape index (κ1) is 15.0. The minimum absolute atomic E-state index is 0.429. The molecule has 1 heterocycles. The third-order valence-electron chi connectivity index (χ3n) is 2.35. The number of rotatable bonds is 3. The van der Waals surface area contributed by atoms with Gasteiger partial charge in [0.15, 0.2) is 5.82 Å². The molecule has 0 aliphatic carbocycles. The van der Waals surface area contributed by atoms with E-state index in [2.05, 4.69) is 38.2 Å². The molecule has 0 radical (unpaired) electrons. The maximum absolute atomic E-state index is 6.16. The fraction of sp³-hybridized carbons (Fsp3) is 0.0833. The highest BCUT2D eigenvalue weighted by atomic mass is 127. The first-order valence-corrected chi connectivity index (χ1v) is 7.48. The van der Waals surface area contributed by atoms with Gasteiger partial charge in [0.25, 0.3) is 0 Å². The second kappa shape index (κ2) is 6.35. The number of nitrogens with one attached hydrogen (secondary N) is 2. The molecule has 0 aliphatic heterocycles. The predicted molar refractivity (Wildman–Crippen MR) is 91.3 cm³/mol. The van der Waals surface area contributed by atoms with Crippen molar-refractivity contribution >= 4 is 74.7 Å². The number of nitrogens with zero attached hydrogens (tertiary/aromatic N) is 1. The number of hydrogen-bond donors (Lipinski definition) is 2. The van der Waals surface area contributed by atoms with Crippen LogP contribution in [0.4, 0.5) is 17.3 Å². The highest BCUT2D eigenvalue weighted by Crippen LogP contribution is 2.33. The fourth-order valence-corrected chi connectivity index (χ4v) is 2.85. The van der Waals surface area contributed by atoms with Gasteiger partial charge in [-0.3, -0.25) is 0 Å². The Morgan fingerprint density at radius 1 is 1.00 bits per heavy atom. The van der Waals surface area contributed by atoms with E-state index < -0.39 is 0 Å². The van der Waals surface area contributed by atoms with Gasteiger partial charge in [-0.15, -0.1) is 0 Å². The molecule has 0 atom stereocenters. The van der Waals surface area contributed by atoms with Crippen molar-refractivity contribution in [3.05, 3.63) is 42.9 Å². The van der Waals surface area contributed by atoms with E-state index in [0.29, 0.717) is 26.7 Å². The summed E-state index contributed by atoms with van der Waals surface area (Å²) in [5, 5.41) is 7.49. The van der Waals surface area contributed by atoms with Crippen LogP contribution in [0.5, 0.6) is 0 Å². The van der Waals surface area contributed by atoms with E-state index in [0.717, 1.165) is 9.26 Å². The molecule has 0 amide bonds. The minimum Gasteiger partial charge on any atom is -0.372 e. The molecule has 0 unspecified atom stereocenters. The Kier molecular flexibility index (Phi) is 5.00. The second-order valence-corrected chi connectivity index (χ2v) is 6.12. The van der Waals surface area contributed by atoms with Gasteiger partial charge in [-0.05, 0) is 46.9 Å². The molecule has 100 valence electrons. The van der Waals surface area contributed by atoms with E-state index in [4.69, 9.17) is 34.8 Å². The lowest BCUT2D eigenvalue weighted by Gasteiger charge is -2.12. The summed E-state index contributed by atoms with van der Waals surface area (Å²) in [7, 11) is 1.74. The molecule has 1 aromatic heterocycles. The zero-order valence-corrected chi connectivity index (χ0v) is 14.2. The fourth-order valence-electron chi connectivity index (χ4n) is 1.45. The van der Waals surface area contributed by atoms with Crippen molar-refractivity contribution in [1.82, 2.24) is 4.98 Å². The Morgan fingerprint density at radius 2 is 1.68 bits per heavy atom. The molecule has 0 saturated heterocycles. The lowest BCUT2D eigenvalue weighted by atomic mass is 10.3. The third kappa shape index (κ3) is 3.56.